The minimum atomic E-state index is 0.422. The van der Waals surface area contributed by atoms with Crippen LogP contribution >= 0.6 is 15.9 Å². The molecule has 1 aromatic carbocycles. The number of halogens is 1. The Bertz CT molecular complexity index is 513. The quantitative estimate of drug-likeness (QED) is 0.432. The number of likely N-dealkylation sites (tertiary alicyclic amines) is 1. The number of hydrogen-bond donors (Lipinski definition) is 1. The number of ether oxygens (including phenoxy) is 1. The second-order valence-electron chi connectivity index (χ2n) is 6.11. The molecule has 0 aliphatic carbocycles. The van der Waals surface area contributed by atoms with Crippen molar-refractivity contribution in [3.8, 4) is 0 Å². The summed E-state index contributed by atoms with van der Waals surface area (Å²) in [6.45, 7) is 8.85. The Morgan fingerprint density at radius 3 is 2.79 bits per heavy atom. The van der Waals surface area contributed by atoms with Crippen molar-refractivity contribution < 1.29 is 4.74 Å². The van der Waals surface area contributed by atoms with E-state index in [2.05, 4.69) is 64.3 Å². The fourth-order valence-electron chi connectivity index (χ4n) is 3.06. The zero-order valence-corrected chi connectivity index (χ0v) is 16.5. The van der Waals surface area contributed by atoms with E-state index in [0.29, 0.717) is 6.10 Å². The molecule has 0 amide bonds. The molecule has 1 aliphatic heterocycles. The molecule has 1 aliphatic rings. The van der Waals surface area contributed by atoms with Crippen LogP contribution in [-0.2, 0) is 11.2 Å². The van der Waals surface area contributed by atoms with Crippen molar-refractivity contribution in [1.29, 1.82) is 0 Å². The van der Waals surface area contributed by atoms with Crippen molar-refractivity contribution >= 4 is 21.9 Å². The zero-order chi connectivity index (χ0) is 17.2. The largest absolute Gasteiger partial charge is 0.378 e. The topological polar surface area (TPSA) is 36.9 Å². The lowest BCUT2D eigenvalue weighted by Gasteiger charge is -2.34. The van der Waals surface area contributed by atoms with Crippen LogP contribution in [0.2, 0.25) is 0 Å². The summed E-state index contributed by atoms with van der Waals surface area (Å²) in [5.41, 5.74) is 1.36. The average molecular weight is 396 g/mol. The molecule has 0 unspecified atom stereocenters. The normalized spacial score (nSPS) is 16.5. The number of nitrogens with zero attached hydrogens (tertiary/aromatic N) is 2. The molecule has 0 atom stereocenters. The first kappa shape index (κ1) is 19.3. The van der Waals surface area contributed by atoms with Gasteiger partial charge in [-0.2, -0.15) is 0 Å². The summed E-state index contributed by atoms with van der Waals surface area (Å²) in [6, 6.07) is 8.53. The van der Waals surface area contributed by atoms with E-state index in [1.807, 2.05) is 0 Å². The average Bonchev–Trinajstić information content (AvgIpc) is 2.59. The van der Waals surface area contributed by atoms with Crippen LogP contribution in [0, 0.1) is 0 Å². The van der Waals surface area contributed by atoms with Crippen molar-refractivity contribution in [2.45, 2.75) is 45.6 Å². The lowest BCUT2D eigenvalue weighted by molar-refractivity contribution is 0.0264. The highest BCUT2D eigenvalue weighted by atomic mass is 79.9. The van der Waals surface area contributed by atoms with E-state index in [1.54, 1.807) is 0 Å². The fraction of sp³-hybridized carbons (Fsp3) is 0.632. The molecule has 0 bridgehead atoms. The maximum absolute atomic E-state index is 5.74. The highest BCUT2D eigenvalue weighted by molar-refractivity contribution is 9.10. The highest BCUT2D eigenvalue weighted by Crippen LogP contribution is 2.15. The van der Waals surface area contributed by atoms with Gasteiger partial charge in [-0.25, -0.2) is 0 Å². The predicted octanol–water partition coefficient (Wildman–Crippen LogP) is 3.85. The molecule has 4 nitrogen and oxygen atoms in total. The molecule has 5 heteroatoms. The maximum Gasteiger partial charge on any atom is 0.193 e. The Hall–Kier alpha value is -1.07. The van der Waals surface area contributed by atoms with E-state index in [4.69, 9.17) is 9.73 Å². The Morgan fingerprint density at radius 1 is 1.33 bits per heavy atom. The number of hydrogen-bond acceptors (Lipinski definition) is 2. The molecule has 1 N–H and O–H groups in total. The van der Waals surface area contributed by atoms with Gasteiger partial charge in [0.05, 0.1) is 6.10 Å². The van der Waals surface area contributed by atoms with Crippen LogP contribution in [0.15, 0.2) is 33.7 Å². The SMILES string of the molecule is CCNC(=NCCCc1cccc(Br)c1)N1CCC(OCC)CC1. The molecule has 0 aromatic heterocycles. The smallest absolute Gasteiger partial charge is 0.193 e. The van der Waals surface area contributed by atoms with Crippen LogP contribution in [-0.4, -0.2) is 49.7 Å². The van der Waals surface area contributed by atoms with Gasteiger partial charge in [0.25, 0.3) is 0 Å². The Morgan fingerprint density at radius 2 is 2.12 bits per heavy atom. The van der Waals surface area contributed by atoms with Gasteiger partial charge in [-0.3, -0.25) is 4.99 Å². The number of aryl methyl sites for hydroxylation is 1. The van der Waals surface area contributed by atoms with Crippen LogP contribution in [0.1, 0.15) is 38.7 Å². The lowest BCUT2D eigenvalue weighted by Crippen LogP contribution is -2.47. The third kappa shape index (κ3) is 6.44. The van der Waals surface area contributed by atoms with Gasteiger partial charge in [0.15, 0.2) is 5.96 Å². The van der Waals surface area contributed by atoms with Crippen LogP contribution in [0.25, 0.3) is 0 Å². The molecular weight excluding hydrogens is 366 g/mol. The van der Waals surface area contributed by atoms with E-state index in [0.717, 1.165) is 68.9 Å². The summed E-state index contributed by atoms with van der Waals surface area (Å²) >= 11 is 3.53. The summed E-state index contributed by atoms with van der Waals surface area (Å²) in [5, 5.41) is 3.43. The number of rotatable bonds is 7. The number of benzene rings is 1. The molecule has 2 rings (SSSR count). The maximum atomic E-state index is 5.74. The summed E-state index contributed by atoms with van der Waals surface area (Å²) in [7, 11) is 0. The Balaban J connectivity index is 1.80. The van der Waals surface area contributed by atoms with Crippen molar-refractivity contribution in [1.82, 2.24) is 10.2 Å². The van der Waals surface area contributed by atoms with Crippen molar-refractivity contribution in [3.63, 3.8) is 0 Å². The van der Waals surface area contributed by atoms with Gasteiger partial charge >= 0.3 is 0 Å². The van der Waals surface area contributed by atoms with E-state index in [-0.39, 0.29) is 0 Å². The number of piperidine rings is 1. The van der Waals surface area contributed by atoms with E-state index in [9.17, 15) is 0 Å². The first-order valence-electron chi connectivity index (χ1n) is 9.12. The van der Waals surface area contributed by atoms with E-state index in [1.165, 1.54) is 5.56 Å². The molecule has 1 fully saturated rings. The molecule has 24 heavy (non-hydrogen) atoms. The number of aliphatic imine (C=N–C) groups is 1. The molecule has 1 heterocycles. The number of nitrogens with one attached hydrogen (secondary N) is 1. The monoisotopic (exact) mass is 395 g/mol. The lowest BCUT2D eigenvalue weighted by atomic mass is 10.1. The van der Waals surface area contributed by atoms with Crippen LogP contribution in [0.5, 0.6) is 0 Å². The predicted molar refractivity (Wildman–Crippen MR) is 105 cm³/mol. The van der Waals surface area contributed by atoms with E-state index >= 15 is 0 Å². The van der Waals surface area contributed by atoms with Crippen molar-refractivity contribution in [3.05, 3.63) is 34.3 Å². The summed E-state index contributed by atoms with van der Waals surface area (Å²) in [4.78, 5) is 7.20. The highest BCUT2D eigenvalue weighted by Gasteiger charge is 2.21. The van der Waals surface area contributed by atoms with Gasteiger partial charge in [-0.1, -0.05) is 28.1 Å². The van der Waals surface area contributed by atoms with Crippen LogP contribution in [0.4, 0.5) is 0 Å². The van der Waals surface area contributed by atoms with Gasteiger partial charge < -0.3 is 15.0 Å². The second kappa shape index (κ2) is 10.7. The van der Waals surface area contributed by atoms with Crippen LogP contribution in [0.3, 0.4) is 0 Å². The van der Waals surface area contributed by atoms with Crippen molar-refractivity contribution in [2.24, 2.45) is 4.99 Å². The molecule has 134 valence electrons. The first-order valence-corrected chi connectivity index (χ1v) is 9.91. The summed E-state index contributed by atoms with van der Waals surface area (Å²) < 4.78 is 6.88. The Kier molecular flexibility index (Phi) is 8.60. The first-order chi connectivity index (χ1) is 11.7. The molecule has 1 saturated heterocycles. The molecule has 0 saturated carbocycles. The molecule has 1 aromatic rings. The molecular formula is C19H30BrN3O. The third-order valence-corrected chi connectivity index (χ3v) is 4.75. The van der Waals surface area contributed by atoms with Crippen LogP contribution < -0.4 is 5.32 Å². The summed E-state index contributed by atoms with van der Waals surface area (Å²) in [5.74, 6) is 1.06. The van der Waals surface area contributed by atoms with Crippen molar-refractivity contribution in [2.75, 3.05) is 32.8 Å². The minimum absolute atomic E-state index is 0.422. The molecule has 0 radical (unpaired) electrons. The van der Waals surface area contributed by atoms with Gasteiger partial charge in [-0.15, -0.1) is 0 Å². The fourth-order valence-corrected chi connectivity index (χ4v) is 3.50. The van der Waals surface area contributed by atoms with Gasteiger partial charge in [-0.05, 0) is 57.2 Å². The van der Waals surface area contributed by atoms with Gasteiger partial charge in [0.2, 0.25) is 0 Å². The Labute approximate surface area is 154 Å². The molecule has 0 spiro atoms. The van der Waals surface area contributed by atoms with Gasteiger partial charge in [0.1, 0.15) is 0 Å². The standard InChI is InChI=1S/C19H30BrN3O/c1-3-21-19(23-13-10-18(11-14-23)24-4-2)22-12-6-8-16-7-5-9-17(20)15-16/h5,7,9,15,18H,3-4,6,8,10-14H2,1-2H3,(H,21,22). The third-order valence-electron chi connectivity index (χ3n) is 4.25. The van der Waals surface area contributed by atoms with Gasteiger partial charge in [0, 0.05) is 37.3 Å². The number of guanidine groups is 1. The minimum Gasteiger partial charge on any atom is -0.378 e. The second-order valence-corrected chi connectivity index (χ2v) is 7.03. The summed E-state index contributed by atoms with van der Waals surface area (Å²) in [6.07, 6.45) is 4.74. The zero-order valence-electron chi connectivity index (χ0n) is 14.9. The van der Waals surface area contributed by atoms with E-state index < -0.39 is 0 Å².